The fourth-order valence-corrected chi connectivity index (χ4v) is 3.54. The van der Waals surface area contributed by atoms with Gasteiger partial charge >= 0.3 is 0 Å². The second kappa shape index (κ2) is 8.94. The molecule has 1 saturated heterocycles. The zero-order chi connectivity index (χ0) is 18.4. The largest absolute Gasteiger partial charge is 0.468 e. The van der Waals surface area contributed by atoms with Crippen molar-refractivity contribution < 1.29 is 4.42 Å². The number of nitrogens with zero attached hydrogens (tertiary/aromatic N) is 4. The summed E-state index contributed by atoms with van der Waals surface area (Å²) in [5.74, 6) is 1.95. The van der Waals surface area contributed by atoms with Gasteiger partial charge in [-0.05, 0) is 57.1 Å². The van der Waals surface area contributed by atoms with Crippen LogP contribution in [0.1, 0.15) is 37.3 Å². The first-order valence-electron chi connectivity index (χ1n) is 9.56. The summed E-state index contributed by atoms with van der Waals surface area (Å²) in [5, 5.41) is 3.42. The van der Waals surface area contributed by atoms with Gasteiger partial charge in [0, 0.05) is 32.5 Å². The van der Waals surface area contributed by atoms with E-state index in [0.717, 1.165) is 37.9 Å². The Hall–Kier alpha value is -2.21. The van der Waals surface area contributed by atoms with Crippen LogP contribution in [0.25, 0.3) is 0 Å². The minimum Gasteiger partial charge on any atom is -0.468 e. The molecule has 1 atom stereocenters. The SMILES string of the molecule is CCNC(=NCC(c1ccco1)N1CCCC1)N(C)Cc1cccn1C. The van der Waals surface area contributed by atoms with Gasteiger partial charge in [-0.1, -0.05) is 0 Å². The highest BCUT2D eigenvalue weighted by Gasteiger charge is 2.25. The number of hydrogen-bond donors (Lipinski definition) is 1. The molecule has 1 aliphatic rings. The first-order valence-corrected chi connectivity index (χ1v) is 9.56. The predicted molar refractivity (Wildman–Crippen MR) is 105 cm³/mol. The molecule has 1 N–H and O–H groups in total. The molecule has 0 radical (unpaired) electrons. The molecule has 1 aliphatic heterocycles. The molecule has 2 aromatic rings. The number of aryl methyl sites for hydroxylation is 1. The summed E-state index contributed by atoms with van der Waals surface area (Å²) in [7, 11) is 4.17. The van der Waals surface area contributed by atoms with E-state index in [4.69, 9.17) is 9.41 Å². The van der Waals surface area contributed by atoms with Gasteiger partial charge in [0.25, 0.3) is 0 Å². The van der Waals surface area contributed by atoms with Crippen molar-refractivity contribution in [2.45, 2.75) is 32.4 Å². The molecule has 0 amide bonds. The van der Waals surface area contributed by atoms with Crippen molar-refractivity contribution in [3.8, 4) is 0 Å². The van der Waals surface area contributed by atoms with Gasteiger partial charge in [0.2, 0.25) is 0 Å². The molecule has 0 bridgehead atoms. The zero-order valence-corrected chi connectivity index (χ0v) is 16.2. The second-order valence-electron chi connectivity index (χ2n) is 6.94. The summed E-state index contributed by atoms with van der Waals surface area (Å²) >= 11 is 0. The monoisotopic (exact) mass is 357 g/mol. The highest BCUT2D eigenvalue weighted by molar-refractivity contribution is 5.79. The van der Waals surface area contributed by atoms with Crippen molar-refractivity contribution in [3.05, 3.63) is 48.2 Å². The lowest BCUT2D eigenvalue weighted by Gasteiger charge is -2.26. The van der Waals surface area contributed by atoms with Crippen LogP contribution in [0, 0.1) is 0 Å². The summed E-state index contributed by atoms with van der Waals surface area (Å²) in [5.41, 5.74) is 1.26. The van der Waals surface area contributed by atoms with Gasteiger partial charge in [0.05, 0.1) is 25.4 Å². The fourth-order valence-electron chi connectivity index (χ4n) is 3.54. The summed E-state index contributed by atoms with van der Waals surface area (Å²) in [6.07, 6.45) is 6.35. The Morgan fingerprint density at radius 2 is 2.12 bits per heavy atom. The summed E-state index contributed by atoms with van der Waals surface area (Å²) < 4.78 is 7.86. The number of aliphatic imine (C=N–C) groups is 1. The van der Waals surface area contributed by atoms with Crippen LogP contribution in [-0.2, 0) is 13.6 Å². The molecule has 6 heteroatoms. The molecule has 1 unspecified atom stereocenters. The highest BCUT2D eigenvalue weighted by atomic mass is 16.3. The molecule has 0 spiro atoms. The van der Waals surface area contributed by atoms with Gasteiger partial charge in [-0.2, -0.15) is 0 Å². The molecular weight excluding hydrogens is 326 g/mol. The number of hydrogen-bond acceptors (Lipinski definition) is 3. The number of aromatic nitrogens is 1. The van der Waals surface area contributed by atoms with Crippen LogP contribution >= 0.6 is 0 Å². The van der Waals surface area contributed by atoms with Crippen molar-refractivity contribution in [1.29, 1.82) is 0 Å². The number of guanidine groups is 1. The summed E-state index contributed by atoms with van der Waals surface area (Å²) in [6.45, 7) is 6.73. The van der Waals surface area contributed by atoms with E-state index in [1.54, 1.807) is 6.26 Å². The molecule has 0 aliphatic carbocycles. The van der Waals surface area contributed by atoms with Gasteiger partial charge in [-0.25, -0.2) is 0 Å². The van der Waals surface area contributed by atoms with E-state index < -0.39 is 0 Å². The fraction of sp³-hybridized carbons (Fsp3) is 0.550. The Labute approximate surface area is 156 Å². The number of rotatable bonds is 7. The lowest BCUT2D eigenvalue weighted by atomic mass is 10.2. The Morgan fingerprint density at radius 3 is 2.73 bits per heavy atom. The van der Waals surface area contributed by atoms with E-state index in [2.05, 4.69) is 65.1 Å². The van der Waals surface area contributed by atoms with E-state index in [1.165, 1.54) is 18.5 Å². The van der Waals surface area contributed by atoms with E-state index in [0.29, 0.717) is 6.54 Å². The molecule has 0 aromatic carbocycles. The Kier molecular flexibility index (Phi) is 6.39. The van der Waals surface area contributed by atoms with Crippen LogP contribution in [-0.4, -0.2) is 53.6 Å². The Balaban J connectivity index is 1.72. The molecule has 1 fully saturated rings. The van der Waals surface area contributed by atoms with Crippen molar-refractivity contribution >= 4 is 5.96 Å². The lowest BCUT2D eigenvalue weighted by Crippen LogP contribution is -2.39. The van der Waals surface area contributed by atoms with Crippen LogP contribution in [0.4, 0.5) is 0 Å². The number of likely N-dealkylation sites (tertiary alicyclic amines) is 1. The molecule has 6 nitrogen and oxygen atoms in total. The van der Waals surface area contributed by atoms with Crippen LogP contribution < -0.4 is 5.32 Å². The molecular formula is C20H31N5O. The van der Waals surface area contributed by atoms with Crippen LogP contribution in [0.15, 0.2) is 46.1 Å². The van der Waals surface area contributed by atoms with Crippen molar-refractivity contribution in [1.82, 2.24) is 19.7 Å². The maximum Gasteiger partial charge on any atom is 0.194 e. The summed E-state index contributed by atoms with van der Waals surface area (Å²) in [4.78, 5) is 9.62. The molecule has 26 heavy (non-hydrogen) atoms. The Morgan fingerprint density at radius 1 is 1.31 bits per heavy atom. The third-order valence-corrected chi connectivity index (χ3v) is 5.01. The average molecular weight is 358 g/mol. The first-order chi connectivity index (χ1) is 12.7. The van der Waals surface area contributed by atoms with Gasteiger partial charge in [0.1, 0.15) is 5.76 Å². The van der Waals surface area contributed by atoms with E-state index in [-0.39, 0.29) is 6.04 Å². The van der Waals surface area contributed by atoms with E-state index in [9.17, 15) is 0 Å². The molecule has 3 heterocycles. The van der Waals surface area contributed by atoms with E-state index in [1.807, 2.05) is 6.07 Å². The topological polar surface area (TPSA) is 48.9 Å². The van der Waals surface area contributed by atoms with Gasteiger partial charge < -0.3 is 19.2 Å². The second-order valence-corrected chi connectivity index (χ2v) is 6.94. The quantitative estimate of drug-likeness (QED) is 0.611. The highest BCUT2D eigenvalue weighted by Crippen LogP contribution is 2.25. The van der Waals surface area contributed by atoms with Gasteiger partial charge in [-0.3, -0.25) is 9.89 Å². The molecule has 142 valence electrons. The molecule has 2 aromatic heterocycles. The normalized spacial score (nSPS) is 16.8. The standard InChI is InChI=1S/C20H31N5O/c1-4-21-20(24(3)16-17-9-7-11-23(17)2)22-15-18(19-10-8-14-26-19)25-12-5-6-13-25/h7-11,14,18H,4-6,12-13,15-16H2,1-3H3,(H,21,22). The van der Waals surface area contributed by atoms with Crippen molar-refractivity contribution in [2.75, 3.05) is 33.2 Å². The predicted octanol–water partition coefficient (Wildman–Crippen LogP) is 2.85. The minimum atomic E-state index is 0.213. The minimum absolute atomic E-state index is 0.213. The van der Waals surface area contributed by atoms with E-state index >= 15 is 0 Å². The van der Waals surface area contributed by atoms with Gasteiger partial charge in [0.15, 0.2) is 5.96 Å². The van der Waals surface area contributed by atoms with Crippen molar-refractivity contribution in [3.63, 3.8) is 0 Å². The lowest BCUT2D eigenvalue weighted by molar-refractivity contribution is 0.220. The first kappa shape index (κ1) is 18.6. The number of furan rings is 1. The zero-order valence-electron chi connectivity index (χ0n) is 16.2. The number of nitrogens with one attached hydrogen (secondary N) is 1. The van der Waals surface area contributed by atoms with Crippen LogP contribution in [0.5, 0.6) is 0 Å². The third kappa shape index (κ3) is 4.49. The smallest absolute Gasteiger partial charge is 0.194 e. The average Bonchev–Trinajstić information content (AvgIpc) is 3.38. The Bertz CT molecular complexity index is 685. The maximum atomic E-state index is 5.71. The van der Waals surface area contributed by atoms with Crippen LogP contribution in [0.2, 0.25) is 0 Å². The molecule has 3 rings (SSSR count). The van der Waals surface area contributed by atoms with Crippen molar-refractivity contribution in [2.24, 2.45) is 12.0 Å². The molecule has 0 saturated carbocycles. The summed E-state index contributed by atoms with van der Waals surface area (Å²) in [6, 6.07) is 8.47. The maximum absolute atomic E-state index is 5.71. The van der Waals surface area contributed by atoms with Gasteiger partial charge in [-0.15, -0.1) is 0 Å². The third-order valence-electron chi connectivity index (χ3n) is 5.01. The van der Waals surface area contributed by atoms with Crippen LogP contribution in [0.3, 0.4) is 0 Å².